The molecule has 0 bridgehead atoms. The molecule has 0 aliphatic heterocycles. The van der Waals surface area contributed by atoms with Crippen LogP contribution in [-0.2, 0) is 9.59 Å². The molecule has 0 aromatic heterocycles. The number of ether oxygens (including phenoxy) is 3. The zero-order valence-corrected chi connectivity index (χ0v) is 15.2. The van der Waals surface area contributed by atoms with Gasteiger partial charge in [0.15, 0.2) is 0 Å². The first kappa shape index (κ1) is 19.8. The number of carbonyl (C=O) groups excluding carboxylic acids is 2. The summed E-state index contributed by atoms with van der Waals surface area (Å²) in [5.41, 5.74) is 6.30. The molecule has 2 amide bonds. The maximum atomic E-state index is 12.3. The highest BCUT2D eigenvalue weighted by Crippen LogP contribution is 2.26. The van der Waals surface area contributed by atoms with Crippen LogP contribution in [0.25, 0.3) is 6.08 Å². The molecule has 0 aliphatic rings. The van der Waals surface area contributed by atoms with Crippen molar-refractivity contribution in [1.82, 2.24) is 0 Å². The second-order valence-corrected chi connectivity index (χ2v) is 5.49. The third kappa shape index (κ3) is 6.07. The number of hydrogen-bond donors (Lipinski definition) is 2. The summed E-state index contributed by atoms with van der Waals surface area (Å²) in [7, 11) is 3.12. The van der Waals surface area contributed by atoms with Crippen LogP contribution in [0.15, 0.2) is 48.5 Å². The summed E-state index contributed by atoms with van der Waals surface area (Å²) >= 11 is 0. The van der Waals surface area contributed by atoms with E-state index in [2.05, 4.69) is 5.32 Å². The van der Waals surface area contributed by atoms with Gasteiger partial charge >= 0.3 is 0 Å². The SMILES string of the molecule is COc1ccc(OC)c(C=CC(=O)Nc2ccccc2OCCC(N)=O)c1. The molecule has 27 heavy (non-hydrogen) atoms. The van der Waals surface area contributed by atoms with Crippen molar-refractivity contribution >= 4 is 23.6 Å². The minimum Gasteiger partial charge on any atom is -0.497 e. The molecule has 142 valence electrons. The first-order valence-corrected chi connectivity index (χ1v) is 8.24. The lowest BCUT2D eigenvalue weighted by Gasteiger charge is -2.11. The second kappa shape index (κ2) is 9.86. The highest BCUT2D eigenvalue weighted by molar-refractivity contribution is 6.03. The van der Waals surface area contributed by atoms with Gasteiger partial charge in [-0.3, -0.25) is 9.59 Å². The Hall–Kier alpha value is -3.48. The van der Waals surface area contributed by atoms with Crippen molar-refractivity contribution in [3.05, 3.63) is 54.1 Å². The Balaban J connectivity index is 2.08. The molecule has 0 fully saturated rings. The Labute approximate surface area is 157 Å². The number of anilines is 1. The summed E-state index contributed by atoms with van der Waals surface area (Å²) in [6.07, 6.45) is 3.11. The van der Waals surface area contributed by atoms with E-state index in [-0.39, 0.29) is 18.9 Å². The summed E-state index contributed by atoms with van der Waals surface area (Å²) in [6, 6.07) is 12.2. The quantitative estimate of drug-likeness (QED) is 0.661. The largest absolute Gasteiger partial charge is 0.497 e. The standard InChI is InChI=1S/C20H22N2O5/c1-25-15-8-9-17(26-2)14(13-15)7-10-20(24)22-16-5-3-4-6-18(16)27-12-11-19(21)23/h3-10,13H,11-12H2,1-2H3,(H2,21,23)(H,22,24). The van der Waals surface area contributed by atoms with Crippen molar-refractivity contribution in [3.8, 4) is 17.2 Å². The molecular weight excluding hydrogens is 348 g/mol. The van der Waals surface area contributed by atoms with Crippen LogP contribution in [0, 0.1) is 0 Å². The van der Waals surface area contributed by atoms with Crippen molar-refractivity contribution in [2.45, 2.75) is 6.42 Å². The lowest BCUT2D eigenvalue weighted by atomic mass is 10.1. The number of methoxy groups -OCH3 is 2. The number of hydrogen-bond acceptors (Lipinski definition) is 5. The van der Waals surface area contributed by atoms with Gasteiger partial charge in [0.1, 0.15) is 17.2 Å². The van der Waals surface area contributed by atoms with Crippen LogP contribution in [0.4, 0.5) is 5.69 Å². The van der Waals surface area contributed by atoms with Crippen LogP contribution in [0.3, 0.4) is 0 Å². The molecule has 3 N–H and O–H groups in total. The summed E-state index contributed by atoms with van der Waals surface area (Å²) in [4.78, 5) is 23.1. The molecule has 2 aromatic rings. The first-order valence-electron chi connectivity index (χ1n) is 8.24. The van der Waals surface area contributed by atoms with Gasteiger partial charge in [0.25, 0.3) is 0 Å². The van der Waals surface area contributed by atoms with E-state index < -0.39 is 5.91 Å². The van der Waals surface area contributed by atoms with E-state index in [1.165, 1.54) is 6.08 Å². The highest BCUT2D eigenvalue weighted by atomic mass is 16.5. The van der Waals surface area contributed by atoms with Crippen molar-refractivity contribution in [1.29, 1.82) is 0 Å². The van der Waals surface area contributed by atoms with E-state index in [1.807, 2.05) is 0 Å². The summed E-state index contributed by atoms with van der Waals surface area (Å²) in [6.45, 7) is 0.138. The number of rotatable bonds is 9. The average Bonchev–Trinajstić information content (AvgIpc) is 2.67. The minimum atomic E-state index is -0.452. The predicted molar refractivity (Wildman–Crippen MR) is 103 cm³/mol. The minimum absolute atomic E-state index is 0.0951. The number of carbonyl (C=O) groups is 2. The van der Waals surface area contributed by atoms with Crippen molar-refractivity contribution < 1.29 is 23.8 Å². The van der Waals surface area contributed by atoms with Crippen LogP contribution in [0.5, 0.6) is 17.2 Å². The van der Waals surface area contributed by atoms with Crippen LogP contribution >= 0.6 is 0 Å². The molecule has 0 atom stereocenters. The number of amides is 2. The predicted octanol–water partition coefficient (Wildman–Crippen LogP) is 2.61. The Morgan fingerprint density at radius 1 is 1.07 bits per heavy atom. The van der Waals surface area contributed by atoms with Crippen molar-refractivity contribution in [3.63, 3.8) is 0 Å². The molecule has 0 aliphatic carbocycles. The van der Waals surface area contributed by atoms with Crippen molar-refractivity contribution in [2.24, 2.45) is 5.73 Å². The fourth-order valence-electron chi connectivity index (χ4n) is 2.27. The summed E-state index contributed by atoms with van der Waals surface area (Å²) in [5.74, 6) is 0.941. The lowest BCUT2D eigenvalue weighted by molar-refractivity contribution is -0.118. The van der Waals surface area contributed by atoms with E-state index in [4.69, 9.17) is 19.9 Å². The molecule has 7 heteroatoms. The zero-order valence-electron chi connectivity index (χ0n) is 15.2. The molecular formula is C20H22N2O5. The van der Waals surface area contributed by atoms with Gasteiger partial charge < -0.3 is 25.3 Å². The maximum Gasteiger partial charge on any atom is 0.248 e. The van der Waals surface area contributed by atoms with E-state index in [0.29, 0.717) is 28.5 Å². The third-order valence-electron chi connectivity index (χ3n) is 3.60. The number of benzene rings is 2. The fourth-order valence-corrected chi connectivity index (χ4v) is 2.27. The molecule has 0 heterocycles. The first-order chi connectivity index (χ1) is 13.0. The normalized spacial score (nSPS) is 10.4. The average molecular weight is 370 g/mol. The zero-order chi connectivity index (χ0) is 19.6. The van der Waals surface area contributed by atoms with E-state index in [1.54, 1.807) is 62.8 Å². The molecule has 0 saturated carbocycles. The van der Waals surface area contributed by atoms with Crippen molar-refractivity contribution in [2.75, 3.05) is 26.1 Å². The third-order valence-corrected chi connectivity index (χ3v) is 3.60. The molecule has 0 saturated heterocycles. The highest BCUT2D eigenvalue weighted by Gasteiger charge is 2.07. The summed E-state index contributed by atoms with van der Waals surface area (Å²) < 4.78 is 16.0. The van der Waals surface area contributed by atoms with Gasteiger partial charge in [-0.15, -0.1) is 0 Å². The summed E-state index contributed by atoms with van der Waals surface area (Å²) in [5, 5.41) is 2.75. The van der Waals surface area contributed by atoms with Gasteiger partial charge in [0.2, 0.25) is 11.8 Å². The smallest absolute Gasteiger partial charge is 0.248 e. The molecule has 2 rings (SSSR count). The van der Waals surface area contributed by atoms with Crippen LogP contribution in [0.2, 0.25) is 0 Å². The van der Waals surface area contributed by atoms with Gasteiger partial charge in [-0.25, -0.2) is 0 Å². The second-order valence-electron chi connectivity index (χ2n) is 5.49. The molecule has 2 aromatic carbocycles. The Morgan fingerprint density at radius 3 is 2.56 bits per heavy atom. The number of nitrogens with two attached hydrogens (primary N) is 1. The Morgan fingerprint density at radius 2 is 1.85 bits per heavy atom. The van der Waals surface area contributed by atoms with E-state index in [9.17, 15) is 9.59 Å². The van der Waals surface area contributed by atoms with Crippen LogP contribution in [-0.4, -0.2) is 32.6 Å². The Bertz CT molecular complexity index is 833. The van der Waals surface area contributed by atoms with E-state index in [0.717, 1.165) is 0 Å². The number of nitrogens with one attached hydrogen (secondary N) is 1. The fraction of sp³-hybridized carbons (Fsp3) is 0.200. The molecule has 7 nitrogen and oxygen atoms in total. The number of para-hydroxylation sites is 2. The van der Waals surface area contributed by atoms with Gasteiger partial charge in [0.05, 0.1) is 32.9 Å². The topological polar surface area (TPSA) is 99.9 Å². The van der Waals surface area contributed by atoms with Gasteiger partial charge in [-0.05, 0) is 36.4 Å². The number of primary amides is 1. The maximum absolute atomic E-state index is 12.3. The molecule has 0 spiro atoms. The van der Waals surface area contributed by atoms with Gasteiger partial charge in [-0.1, -0.05) is 12.1 Å². The van der Waals surface area contributed by atoms with E-state index >= 15 is 0 Å². The van der Waals surface area contributed by atoms with Gasteiger partial charge in [-0.2, -0.15) is 0 Å². The molecule has 0 unspecified atom stereocenters. The van der Waals surface area contributed by atoms with Gasteiger partial charge in [0, 0.05) is 11.6 Å². The van der Waals surface area contributed by atoms with Crippen LogP contribution < -0.4 is 25.3 Å². The molecule has 0 radical (unpaired) electrons. The Kier molecular flexibility index (Phi) is 7.25. The van der Waals surface area contributed by atoms with Crippen LogP contribution in [0.1, 0.15) is 12.0 Å². The monoisotopic (exact) mass is 370 g/mol. The lowest BCUT2D eigenvalue weighted by Crippen LogP contribution is -2.15.